The average molecular weight is 260 g/mol. The van der Waals surface area contributed by atoms with Gasteiger partial charge in [0.15, 0.2) is 0 Å². The number of rotatable bonds is 2. The number of furan rings is 1. The van der Waals surface area contributed by atoms with Gasteiger partial charge in [-0.1, -0.05) is 36.4 Å². The molecular weight excluding hydrogens is 248 g/mol. The topological polar surface area (TPSA) is 31.0 Å². The third kappa shape index (κ3) is 1.80. The van der Waals surface area contributed by atoms with Gasteiger partial charge in [0.2, 0.25) is 0 Å². The fourth-order valence-corrected chi connectivity index (χ4v) is 2.30. The Hall–Kier alpha value is -2.81. The predicted molar refractivity (Wildman–Crippen MR) is 78.8 cm³/mol. The first-order valence-corrected chi connectivity index (χ1v) is 6.49. The lowest BCUT2D eigenvalue weighted by molar-refractivity contribution is 0.631. The number of hydrogen-bond acceptors (Lipinski definition) is 2. The van der Waals surface area contributed by atoms with E-state index in [4.69, 9.17) is 4.42 Å². The van der Waals surface area contributed by atoms with Gasteiger partial charge in [-0.05, 0) is 24.3 Å². The Labute approximate surface area is 116 Å². The van der Waals surface area contributed by atoms with Crippen molar-refractivity contribution in [3.63, 3.8) is 0 Å². The van der Waals surface area contributed by atoms with Crippen LogP contribution >= 0.6 is 0 Å². The minimum absolute atomic E-state index is 0.841. The molecule has 0 aliphatic carbocycles. The lowest BCUT2D eigenvalue weighted by atomic mass is 10.2. The van der Waals surface area contributed by atoms with E-state index in [2.05, 4.69) is 5.10 Å². The fourth-order valence-electron chi connectivity index (χ4n) is 2.30. The molecule has 4 rings (SSSR count). The van der Waals surface area contributed by atoms with Gasteiger partial charge in [-0.15, -0.1) is 0 Å². The molecule has 2 aromatic carbocycles. The first kappa shape index (κ1) is 11.1. The summed E-state index contributed by atoms with van der Waals surface area (Å²) in [5, 5.41) is 5.50. The second-order valence-electron chi connectivity index (χ2n) is 4.66. The SMILES string of the molecule is c1ccc(-n2cc(-c3cc4ccccc4o3)cn2)cc1. The van der Waals surface area contributed by atoms with Gasteiger partial charge in [0.1, 0.15) is 11.3 Å². The highest BCUT2D eigenvalue weighted by Gasteiger charge is 2.08. The Kier molecular flexibility index (Phi) is 2.42. The van der Waals surface area contributed by atoms with Crippen LogP contribution < -0.4 is 0 Å². The Morgan fingerprint density at radius 1 is 0.900 bits per heavy atom. The molecule has 0 aliphatic heterocycles. The van der Waals surface area contributed by atoms with Crippen molar-refractivity contribution in [2.45, 2.75) is 0 Å². The normalized spacial score (nSPS) is 11.0. The maximum atomic E-state index is 5.85. The van der Waals surface area contributed by atoms with Gasteiger partial charge in [0, 0.05) is 11.6 Å². The van der Waals surface area contributed by atoms with Crippen LogP contribution in [0.3, 0.4) is 0 Å². The van der Waals surface area contributed by atoms with Crippen molar-refractivity contribution in [2.24, 2.45) is 0 Å². The number of para-hydroxylation sites is 2. The van der Waals surface area contributed by atoms with Gasteiger partial charge >= 0.3 is 0 Å². The molecule has 0 radical (unpaired) electrons. The summed E-state index contributed by atoms with van der Waals surface area (Å²) in [5.74, 6) is 0.841. The molecule has 0 fully saturated rings. The van der Waals surface area contributed by atoms with Crippen molar-refractivity contribution in [3.8, 4) is 17.0 Å². The molecule has 0 spiro atoms. The van der Waals surface area contributed by atoms with Crippen LogP contribution in [-0.4, -0.2) is 9.78 Å². The van der Waals surface area contributed by atoms with Crippen molar-refractivity contribution in [1.29, 1.82) is 0 Å². The van der Waals surface area contributed by atoms with Crippen LogP contribution in [0.4, 0.5) is 0 Å². The summed E-state index contributed by atoms with van der Waals surface area (Å²) in [7, 11) is 0. The molecule has 0 aliphatic rings. The third-order valence-corrected chi connectivity index (χ3v) is 3.31. The van der Waals surface area contributed by atoms with Gasteiger partial charge in [0.25, 0.3) is 0 Å². The Balaban J connectivity index is 1.78. The number of benzene rings is 2. The molecule has 0 N–H and O–H groups in total. The minimum Gasteiger partial charge on any atom is -0.456 e. The zero-order valence-corrected chi connectivity index (χ0v) is 10.7. The van der Waals surface area contributed by atoms with Gasteiger partial charge < -0.3 is 4.42 Å². The summed E-state index contributed by atoms with van der Waals surface area (Å²) >= 11 is 0. The average Bonchev–Trinajstić information content (AvgIpc) is 3.14. The summed E-state index contributed by atoms with van der Waals surface area (Å²) in [6.07, 6.45) is 3.80. The second kappa shape index (κ2) is 4.38. The highest BCUT2D eigenvalue weighted by atomic mass is 16.3. The van der Waals surface area contributed by atoms with E-state index in [9.17, 15) is 0 Å². The zero-order valence-electron chi connectivity index (χ0n) is 10.7. The van der Waals surface area contributed by atoms with Gasteiger partial charge in [-0.2, -0.15) is 5.10 Å². The molecule has 0 unspecified atom stereocenters. The molecule has 96 valence electrons. The quantitative estimate of drug-likeness (QED) is 0.538. The van der Waals surface area contributed by atoms with Gasteiger partial charge in [0.05, 0.1) is 17.4 Å². The van der Waals surface area contributed by atoms with Gasteiger partial charge in [-0.25, -0.2) is 4.68 Å². The number of aromatic nitrogens is 2. The van der Waals surface area contributed by atoms with Crippen LogP contribution in [0.2, 0.25) is 0 Å². The minimum atomic E-state index is 0.841. The molecule has 2 heterocycles. The number of fused-ring (bicyclic) bond motifs is 1. The van der Waals surface area contributed by atoms with Crippen molar-refractivity contribution in [3.05, 3.63) is 73.1 Å². The zero-order chi connectivity index (χ0) is 13.4. The lowest BCUT2D eigenvalue weighted by Crippen LogP contribution is -1.92. The van der Waals surface area contributed by atoms with Crippen LogP contribution in [0.25, 0.3) is 28.0 Å². The van der Waals surface area contributed by atoms with E-state index in [0.29, 0.717) is 0 Å². The maximum absolute atomic E-state index is 5.85. The van der Waals surface area contributed by atoms with E-state index < -0.39 is 0 Å². The molecule has 3 heteroatoms. The van der Waals surface area contributed by atoms with E-state index in [-0.39, 0.29) is 0 Å². The summed E-state index contributed by atoms with van der Waals surface area (Å²) in [4.78, 5) is 0. The monoisotopic (exact) mass is 260 g/mol. The summed E-state index contributed by atoms with van der Waals surface area (Å²) in [6, 6.07) is 20.1. The standard InChI is InChI=1S/C17H12N2O/c1-2-7-15(8-3-1)19-12-14(11-18-19)17-10-13-6-4-5-9-16(13)20-17/h1-12H. The smallest absolute Gasteiger partial charge is 0.138 e. The molecule has 2 aromatic heterocycles. The molecule has 0 atom stereocenters. The van der Waals surface area contributed by atoms with Gasteiger partial charge in [-0.3, -0.25) is 0 Å². The molecule has 0 amide bonds. The van der Waals surface area contributed by atoms with Crippen LogP contribution in [0, 0.1) is 0 Å². The lowest BCUT2D eigenvalue weighted by Gasteiger charge is -1.98. The molecule has 0 saturated heterocycles. The van der Waals surface area contributed by atoms with E-state index >= 15 is 0 Å². The third-order valence-electron chi connectivity index (χ3n) is 3.31. The van der Waals surface area contributed by atoms with E-state index in [1.165, 1.54) is 0 Å². The molecular formula is C17H12N2O. The second-order valence-corrected chi connectivity index (χ2v) is 4.66. The van der Waals surface area contributed by atoms with Crippen LogP contribution in [0.5, 0.6) is 0 Å². The predicted octanol–water partition coefficient (Wildman–Crippen LogP) is 4.29. The van der Waals surface area contributed by atoms with E-state index in [0.717, 1.165) is 28.0 Å². The van der Waals surface area contributed by atoms with E-state index in [1.807, 2.05) is 77.7 Å². The van der Waals surface area contributed by atoms with E-state index in [1.54, 1.807) is 0 Å². The summed E-state index contributed by atoms with van der Waals surface area (Å²) < 4.78 is 7.70. The first-order valence-electron chi connectivity index (χ1n) is 6.49. The van der Waals surface area contributed by atoms with Crippen LogP contribution in [-0.2, 0) is 0 Å². The Bertz CT molecular complexity index is 826. The van der Waals surface area contributed by atoms with Crippen molar-refractivity contribution < 1.29 is 4.42 Å². The maximum Gasteiger partial charge on any atom is 0.138 e. The fraction of sp³-hybridized carbons (Fsp3) is 0. The van der Waals surface area contributed by atoms with Crippen molar-refractivity contribution in [2.75, 3.05) is 0 Å². The van der Waals surface area contributed by atoms with Crippen LogP contribution in [0.15, 0.2) is 77.5 Å². The Morgan fingerprint density at radius 2 is 1.70 bits per heavy atom. The molecule has 20 heavy (non-hydrogen) atoms. The van der Waals surface area contributed by atoms with Crippen LogP contribution in [0.1, 0.15) is 0 Å². The molecule has 3 nitrogen and oxygen atoms in total. The number of hydrogen-bond donors (Lipinski definition) is 0. The Morgan fingerprint density at radius 3 is 2.55 bits per heavy atom. The van der Waals surface area contributed by atoms with Crippen molar-refractivity contribution >= 4 is 11.0 Å². The highest BCUT2D eigenvalue weighted by Crippen LogP contribution is 2.27. The molecule has 0 bridgehead atoms. The largest absolute Gasteiger partial charge is 0.456 e. The summed E-state index contributed by atoms with van der Waals surface area (Å²) in [5.41, 5.74) is 2.91. The first-order chi connectivity index (χ1) is 9.90. The molecule has 4 aromatic rings. The highest BCUT2D eigenvalue weighted by molar-refractivity contribution is 5.82. The molecule has 0 saturated carbocycles. The summed E-state index contributed by atoms with van der Waals surface area (Å²) in [6.45, 7) is 0. The van der Waals surface area contributed by atoms with Crippen molar-refractivity contribution in [1.82, 2.24) is 9.78 Å². The number of nitrogens with zero attached hydrogens (tertiary/aromatic N) is 2.